The monoisotopic (exact) mass is 236 g/mol. The quantitative estimate of drug-likeness (QED) is 0.630. The summed E-state index contributed by atoms with van der Waals surface area (Å²) >= 11 is 0. The van der Waals surface area contributed by atoms with E-state index in [1.165, 1.54) is 11.4 Å². The lowest BCUT2D eigenvalue weighted by Crippen LogP contribution is -2.46. The highest BCUT2D eigenvalue weighted by molar-refractivity contribution is 7.87. The van der Waals surface area contributed by atoms with E-state index in [1.54, 1.807) is 0 Å². The summed E-state index contributed by atoms with van der Waals surface area (Å²) < 4.78 is 31.5. The Hall–Kier alpha value is -0.500. The molecule has 0 aromatic heterocycles. The van der Waals surface area contributed by atoms with Gasteiger partial charge in [0.1, 0.15) is 5.78 Å². The SMILES string of the molecule is COCCNS(=O)(=O)N1CCCC(=O)C1. The Morgan fingerprint density at radius 2 is 2.27 bits per heavy atom. The third-order valence-electron chi connectivity index (χ3n) is 2.15. The maximum Gasteiger partial charge on any atom is 0.279 e. The summed E-state index contributed by atoms with van der Waals surface area (Å²) in [5.74, 6) is -0.0293. The van der Waals surface area contributed by atoms with Gasteiger partial charge in [0.2, 0.25) is 0 Å². The van der Waals surface area contributed by atoms with E-state index in [9.17, 15) is 13.2 Å². The van der Waals surface area contributed by atoms with Gasteiger partial charge in [-0.2, -0.15) is 17.4 Å². The number of hydrogen-bond donors (Lipinski definition) is 1. The van der Waals surface area contributed by atoms with Crippen molar-refractivity contribution in [3.05, 3.63) is 0 Å². The number of nitrogens with zero attached hydrogens (tertiary/aromatic N) is 1. The summed E-state index contributed by atoms with van der Waals surface area (Å²) in [5.41, 5.74) is 0. The molecule has 1 aliphatic rings. The molecule has 1 heterocycles. The van der Waals surface area contributed by atoms with Crippen LogP contribution in [0.1, 0.15) is 12.8 Å². The average molecular weight is 236 g/mol. The number of Topliss-reactive ketones (excluding diaryl/α,β-unsaturated/α-hetero) is 1. The Labute approximate surface area is 89.8 Å². The van der Waals surface area contributed by atoms with Gasteiger partial charge in [0.25, 0.3) is 10.2 Å². The van der Waals surface area contributed by atoms with Crippen molar-refractivity contribution < 1.29 is 17.9 Å². The number of nitrogens with one attached hydrogen (secondary N) is 1. The minimum absolute atomic E-state index is 0.0116. The van der Waals surface area contributed by atoms with Crippen molar-refractivity contribution in [2.24, 2.45) is 0 Å². The lowest BCUT2D eigenvalue weighted by atomic mass is 10.1. The van der Waals surface area contributed by atoms with Gasteiger partial charge in [-0.05, 0) is 6.42 Å². The van der Waals surface area contributed by atoms with Crippen molar-refractivity contribution in [2.45, 2.75) is 12.8 Å². The minimum Gasteiger partial charge on any atom is -0.383 e. The van der Waals surface area contributed by atoms with E-state index in [0.717, 1.165) is 0 Å². The summed E-state index contributed by atoms with van der Waals surface area (Å²) in [5, 5.41) is 0. The van der Waals surface area contributed by atoms with Crippen LogP contribution in [-0.4, -0.2) is 51.9 Å². The van der Waals surface area contributed by atoms with Crippen molar-refractivity contribution in [1.29, 1.82) is 0 Å². The molecule has 1 N–H and O–H groups in total. The molecule has 0 aliphatic carbocycles. The Bertz CT molecular complexity index is 315. The number of piperidine rings is 1. The van der Waals surface area contributed by atoms with Gasteiger partial charge in [0, 0.05) is 26.6 Å². The van der Waals surface area contributed by atoms with Crippen LogP contribution in [0.3, 0.4) is 0 Å². The second-order valence-electron chi connectivity index (χ2n) is 3.37. The molecule has 0 atom stereocenters. The van der Waals surface area contributed by atoms with Crippen LogP contribution in [0.2, 0.25) is 0 Å². The van der Waals surface area contributed by atoms with Gasteiger partial charge in [-0.3, -0.25) is 4.79 Å². The molecule has 0 unspecified atom stereocenters. The third kappa shape index (κ3) is 3.86. The van der Waals surface area contributed by atoms with Gasteiger partial charge in [0.05, 0.1) is 13.2 Å². The van der Waals surface area contributed by atoms with Gasteiger partial charge < -0.3 is 4.74 Å². The maximum atomic E-state index is 11.6. The molecule has 1 fully saturated rings. The predicted octanol–water partition coefficient (Wildman–Crippen LogP) is -0.868. The van der Waals surface area contributed by atoms with Crippen LogP contribution < -0.4 is 4.72 Å². The van der Waals surface area contributed by atoms with Crippen LogP contribution in [0.4, 0.5) is 0 Å². The Kier molecular flexibility index (Phi) is 4.65. The summed E-state index contributed by atoms with van der Waals surface area (Å²) in [6, 6.07) is 0. The first-order chi connectivity index (χ1) is 7.06. The molecule has 1 aliphatic heterocycles. The molecular formula is C8H16N2O4S. The molecule has 0 spiro atoms. The fourth-order valence-electron chi connectivity index (χ4n) is 1.38. The van der Waals surface area contributed by atoms with Crippen LogP contribution in [-0.2, 0) is 19.7 Å². The van der Waals surface area contributed by atoms with Gasteiger partial charge >= 0.3 is 0 Å². The molecule has 15 heavy (non-hydrogen) atoms. The number of methoxy groups -OCH3 is 1. The van der Waals surface area contributed by atoms with Crippen LogP contribution in [0, 0.1) is 0 Å². The van der Waals surface area contributed by atoms with Crippen LogP contribution in [0.15, 0.2) is 0 Å². The van der Waals surface area contributed by atoms with E-state index in [1.807, 2.05) is 0 Å². The first-order valence-corrected chi connectivity index (χ1v) is 6.25. The molecule has 0 amide bonds. The van der Waals surface area contributed by atoms with Crippen LogP contribution >= 0.6 is 0 Å². The zero-order valence-electron chi connectivity index (χ0n) is 8.73. The summed E-state index contributed by atoms with van der Waals surface area (Å²) in [7, 11) is -2.01. The number of ether oxygens (including phenoxy) is 1. The zero-order chi connectivity index (χ0) is 11.3. The fourth-order valence-corrected chi connectivity index (χ4v) is 2.58. The molecule has 0 bridgehead atoms. The largest absolute Gasteiger partial charge is 0.383 e. The molecule has 1 rings (SSSR count). The molecule has 0 saturated carbocycles. The van der Waals surface area contributed by atoms with E-state index in [4.69, 9.17) is 4.74 Å². The molecule has 1 saturated heterocycles. The zero-order valence-corrected chi connectivity index (χ0v) is 9.55. The van der Waals surface area contributed by atoms with Gasteiger partial charge in [-0.25, -0.2) is 0 Å². The lowest BCUT2D eigenvalue weighted by molar-refractivity contribution is -0.120. The normalized spacial score (nSPS) is 19.4. The van der Waals surface area contributed by atoms with Crippen LogP contribution in [0.25, 0.3) is 0 Å². The third-order valence-corrected chi connectivity index (χ3v) is 3.71. The number of carbonyl (C=O) groups excluding carboxylic acids is 1. The molecule has 6 nitrogen and oxygen atoms in total. The summed E-state index contributed by atoms with van der Waals surface area (Å²) in [6.45, 7) is 0.945. The summed E-state index contributed by atoms with van der Waals surface area (Å²) in [6.07, 6.45) is 1.08. The fraction of sp³-hybridized carbons (Fsp3) is 0.875. The van der Waals surface area contributed by atoms with Crippen molar-refractivity contribution in [2.75, 3.05) is 33.4 Å². The molecule has 0 radical (unpaired) electrons. The lowest BCUT2D eigenvalue weighted by Gasteiger charge is -2.24. The first kappa shape index (κ1) is 12.6. The average Bonchev–Trinajstić information content (AvgIpc) is 2.18. The Balaban J connectivity index is 2.49. The Morgan fingerprint density at radius 3 is 2.87 bits per heavy atom. The van der Waals surface area contributed by atoms with Crippen molar-refractivity contribution in [3.63, 3.8) is 0 Å². The highest BCUT2D eigenvalue weighted by Gasteiger charge is 2.26. The van der Waals surface area contributed by atoms with E-state index < -0.39 is 10.2 Å². The highest BCUT2D eigenvalue weighted by Crippen LogP contribution is 2.08. The minimum atomic E-state index is -3.51. The van der Waals surface area contributed by atoms with E-state index in [-0.39, 0.29) is 18.9 Å². The number of rotatable bonds is 5. The van der Waals surface area contributed by atoms with E-state index in [2.05, 4.69) is 4.72 Å². The molecule has 7 heteroatoms. The summed E-state index contributed by atoms with van der Waals surface area (Å²) in [4.78, 5) is 11.1. The van der Waals surface area contributed by atoms with Gasteiger partial charge in [0.15, 0.2) is 0 Å². The van der Waals surface area contributed by atoms with Crippen molar-refractivity contribution in [1.82, 2.24) is 9.03 Å². The maximum absolute atomic E-state index is 11.6. The second kappa shape index (κ2) is 5.55. The first-order valence-electron chi connectivity index (χ1n) is 4.81. The number of hydrogen-bond acceptors (Lipinski definition) is 4. The topological polar surface area (TPSA) is 75.7 Å². The van der Waals surface area contributed by atoms with Gasteiger partial charge in [-0.1, -0.05) is 0 Å². The number of carbonyl (C=O) groups is 1. The van der Waals surface area contributed by atoms with Crippen molar-refractivity contribution in [3.8, 4) is 0 Å². The van der Waals surface area contributed by atoms with E-state index >= 15 is 0 Å². The molecule has 88 valence electrons. The Morgan fingerprint density at radius 1 is 1.53 bits per heavy atom. The molecule has 0 aromatic carbocycles. The van der Waals surface area contributed by atoms with Crippen molar-refractivity contribution >= 4 is 16.0 Å². The second-order valence-corrected chi connectivity index (χ2v) is 5.12. The predicted molar refractivity (Wildman–Crippen MR) is 54.6 cm³/mol. The smallest absolute Gasteiger partial charge is 0.279 e. The van der Waals surface area contributed by atoms with E-state index in [0.29, 0.717) is 26.0 Å². The standard InChI is InChI=1S/C8H16N2O4S/c1-14-6-4-9-15(12,13)10-5-2-3-8(11)7-10/h9H,2-7H2,1H3. The molecular weight excluding hydrogens is 220 g/mol. The van der Waals surface area contributed by atoms with Gasteiger partial charge in [-0.15, -0.1) is 0 Å². The molecule has 0 aromatic rings. The number of ketones is 1. The van der Waals surface area contributed by atoms with Crippen LogP contribution in [0.5, 0.6) is 0 Å². The highest BCUT2D eigenvalue weighted by atomic mass is 32.2.